The highest BCUT2D eigenvalue weighted by Crippen LogP contribution is 2.55. The standard InChI is InChI=1S/C29H27N2O8P/c1-18-25-24(19(2)32)28(33)30(25)26(29(34)38-17-20-13-15-21(16-14-20)31(35)36)27(18)39-40(37,22-9-5-3-6-10-22)23-11-7-4-8-12-23/h3-16,18-19,24-25,32H,17H2,1-2H3. The molecular weight excluding hydrogens is 535 g/mol. The molecule has 0 bridgehead atoms. The normalized spacial score (nSPS) is 20.9. The molecule has 2 aliphatic rings. The molecule has 40 heavy (non-hydrogen) atoms. The molecule has 5 rings (SSSR count). The predicted molar refractivity (Wildman–Crippen MR) is 146 cm³/mol. The van der Waals surface area contributed by atoms with Crippen LogP contribution in [0.15, 0.2) is 96.4 Å². The Morgan fingerprint density at radius 2 is 1.57 bits per heavy atom. The Morgan fingerprint density at radius 3 is 2.08 bits per heavy atom. The van der Waals surface area contributed by atoms with E-state index in [1.807, 2.05) is 0 Å². The van der Waals surface area contributed by atoms with Crippen LogP contribution in [0.4, 0.5) is 5.69 Å². The first-order valence-corrected chi connectivity index (χ1v) is 14.3. The minimum atomic E-state index is -3.80. The summed E-state index contributed by atoms with van der Waals surface area (Å²) < 4.78 is 26.5. The van der Waals surface area contributed by atoms with Crippen molar-refractivity contribution in [2.45, 2.75) is 32.6 Å². The number of aliphatic hydroxyl groups excluding tert-OH is 1. The molecule has 0 radical (unpaired) electrons. The number of aliphatic hydroxyl groups is 1. The maximum absolute atomic E-state index is 14.7. The van der Waals surface area contributed by atoms with Gasteiger partial charge in [-0.15, -0.1) is 0 Å². The zero-order valence-electron chi connectivity index (χ0n) is 21.7. The Morgan fingerprint density at radius 1 is 1.02 bits per heavy atom. The van der Waals surface area contributed by atoms with Gasteiger partial charge in [-0.2, -0.15) is 0 Å². The van der Waals surface area contributed by atoms with Crippen molar-refractivity contribution in [3.05, 3.63) is 112 Å². The molecule has 0 aromatic heterocycles. The van der Waals surface area contributed by atoms with E-state index in [1.54, 1.807) is 67.6 Å². The van der Waals surface area contributed by atoms with Gasteiger partial charge in [0.05, 0.1) is 33.6 Å². The summed E-state index contributed by atoms with van der Waals surface area (Å²) in [4.78, 5) is 38.3. The summed E-state index contributed by atoms with van der Waals surface area (Å²) in [6, 6.07) is 22.2. The van der Waals surface area contributed by atoms with Gasteiger partial charge in [-0.05, 0) is 48.9 Å². The maximum Gasteiger partial charge on any atom is 0.358 e. The van der Waals surface area contributed by atoms with E-state index in [0.29, 0.717) is 16.2 Å². The van der Waals surface area contributed by atoms with Gasteiger partial charge in [0.2, 0.25) is 5.91 Å². The van der Waals surface area contributed by atoms with Crippen molar-refractivity contribution in [1.82, 2.24) is 4.90 Å². The molecule has 2 aliphatic heterocycles. The van der Waals surface area contributed by atoms with E-state index >= 15 is 0 Å². The number of rotatable bonds is 9. The summed E-state index contributed by atoms with van der Waals surface area (Å²) in [7, 11) is -3.80. The number of β-lactam (4-membered cyclic amide) rings is 1. The van der Waals surface area contributed by atoms with Crippen molar-refractivity contribution in [2.24, 2.45) is 11.8 Å². The monoisotopic (exact) mass is 562 g/mol. The highest BCUT2D eigenvalue weighted by Gasteiger charge is 2.61. The third kappa shape index (κ3) is 4.69. The number of carbonyl (C=O) groups is 2. The van der Waals surface area contributed by atoms with Gasteiger partial charge in [0.15, 0.2) is 5.70 Å². The van der Waals surface area contributed by atoms with Crippen molar-refractivity contribution in [2.75, 3.05) is 0 Å². The smallest absolute Gasteiger partial charge is 0.358 e. The fourth-order valence-corrected chi connectivity index (χ4v) is 7.37. The molecule has 0 spiro atoms. The molecule has 0 aliphatic carbocycles. The molecule has 0 saturated carbocycles. The first-order valence-electron chi connectivity index (χ1n) is 12.7. The van der Waals surface area contributed by atoms with Gasteiger partial charge in [-0.25, -0.2) is 4.79 Å². The molecule has 11 heteroatoms. The largest absolute Gasteiger partial charge is 0.456 e. The Hall–Kier alpha value is -4.27. The number of hydrogen-bond donors (Lipinski definition) is 1. The first kappa shape index (κ1) is 27.3. The summed E-state index contributed by atoms with van der Waals surface area (Å²) in [5.41, 5.74) is 0.239. The molecular formula is C29H27N2O8P. The van der Waals surface area contributed by atoms with Crippen molar-refractivity contribution in [3.8, 4) is 0 Å². The van der Waals surface area contributed by atoms with E-state index in [0.717, 1.165) is 0 Å². The number of carbonyl (C=O) groups excluding carboxylic acids is 2. The molecule has 10 nitrogen and oxygen atoms in total. The Labute approximate surface area is 230 Å². The van der Waals surface area contributed by atoms with E-state index in [2.05, 4.69) is 0 Å². The number of benzene rings is 3. The summed E-state index contributed by atoms with van der Waals surface area (Å²) in [6.07, 6.45) is -0.969. The van der Waals surface area contributed by atoms with Crippen LogP contribution in [0.2, 0.25) is 0 Å². The van der Waals surface area contributed by atoms with E-state index in [1.165, 1.54) is 36.1 Å². The Kier molecular flexibility index (Phi) is 7.31. The second-order valence-electron chi connectivity index (χ2n) is 9.78. The number of non-ortho nitro benzene ring substituents is 1. The number of nitrogens with zero attached hydrogens (tertiary/aromatic N) is 2. The van der Waals surface area contributed by atoms with Crippen molar-refractivity contribution >= 4 is 35.5 Å². The summed E-state index contributed by atoms with van der Waals surface area (Å²) >= 11 is 0. The van der Waals surface area contributed by atoms with Gasteiger partial charge in [-0.1, -0.05) is 43.3 Å². The van der Waals surface area contributed by atoms with Crippen LogP contribution in [-0.2, 0) is 30.0 Å². The van der Waals surface area contributed by atoms with Crippen LogP contribution in [0, 0.1) is 22.0 Å². The minimum Gasteiger partial charge on any atom is -0.456 e. The molecule has 1 amide bonds. The summed E-state index contributed by atoms with van der Waals surface area (Å²) in [5, 5.41) is 22.1. The average Bonchev–Trinajstić information content (AvgIpc) is 3.20. The fourth-order valence-electron chi connectivity index (χ4n) is 5.21. The molecule has 1 saturated heterocycles. The SMILES string of the molecule is CC(O)C1C(=O)N2C(C(=O)OCc3ccc([N+](=O)[O-])cc3)=C(OP(=O)(c3ccccc3)c3ccccc3)C(C)C12. The number of ether oxygens (including phenoxy) is 1. The quantitative estimate of drug-likeness (QED) is 0.137. The van der Waals surface area contributed by atoms with Gasteiger partial charge < -0.3 is 14.4 Å². The first-order chi connectivity index (χ1) is 19.1. The molecule has 206 valence electrons. The highest BCUT2D eigenvalue weighted by molar-refractivity contribution is 7.74. The molecule has 1 fully saturated rings. The Balaban J connectivity index is 1.53. The predicted octanol–water partition coefficient (Wildman–Crippen LogP) is 3.65. The van der Waals surface area contributed by atoms with Crippen LogP contribution in [0.1, 0.15) is 19.4 Å². The zero-order chi connectivity index (χ0) is 28.6. The van der Waals surface area contributed by atoms with Gasteiger partial charge in [0, 0.05) is 18.1 Å². The second-order valence-corrected chi connectivity index (χ2v) is 12.1. The molecule has 4 atom stereocenters. The van der Waals surface area contributed by atoms with Gasteiger partial charge in [-0.3, -0.25) is 24.4 Å². The van der Waals surface area contributed by atoms with Crippen LogP contribution < -0.4 is 10.6 Å². The van der Waals surface area contributed by atoms with E-state index in [-0.39, 0.29) is 23.8 Å². The van der Waals surface area contributed by atoms with Crippen LogP contribution in [0.25, 0.3) is 0 Å². The maximum atomic E-state index is 14.7. The van der Waals surface area contributed by atoms with Crippen LogP contribution in [0.5, 0.6) is 0 Å². The molecule has 4 unspecified atom stereocenters. The lowest BCUT2D eigenvalue weighted by atomic mass is 9.79. The van der Waals surface area contributed by atoms with Crippen molar-refractivity contribution in [1.29, 1.82) is 0 Å². The van der Waals surface area contributed by atoms with E-state index < -0.39 is 48.2 Å². The molecule has 3 aromatic carbocycles. The van der Waals surface area contributed by atoms with Gasteiger partial charge in [0.1, 0.15) is 12.4 Å². The lowest BCUT2D eigenvalue weighted by molar-refractivity contribution is -0.384. The lowest BCUT2D eigenvalue weighted by Crippen LogP contribution is -2.63. The van der Waals surface area contributed by atoms with Gasteiger partial charge in [0.25, 0.3) is 5.69 Å². The molecule has 1 N–H and O–H groups in total. The van der Waals surface area contributed by atoms with Gasteiger partial charge >= 0.3 is 13.3 Å². The van der Waals surface area contributed by atoms with E-state index in [9.17, 15) is 29.4 Å². The van der Waals surface area contributed by atoms with Crippen LogP contribution >= 0.6 is 7.37 Å². The van der Waals surface area contributed by atoms with Crippen LogP contribution in [0.3, 0.4) is 0 Å². The van der Waals surface area contributed by atoms with E-state index in [4.69, 9.17) is 9.26 Å². The third-order valence-electron chi connectivity index (χ3n) is 7.24. The number of nitro groups is 1. The topological polar surface area (TPSA) is 136 Å². The number of hydrogen-bond acceptors (Lipinski definition) is 8. The number of esters is 1. The molecule has 3 aromatic rings. The van der Waals surface area contributed by atoms with Crippen molar-refractivity contribution < 1.29 is 33.4 Å². The summed E-state index contributed by atoms with van der Waals surface area (Å²) in [5.74, 6) is -2.61. The second kappa shape index (κ2) is 10.7. The number of amides is 1. The molecule has 2 heterocycles. The van der Waals surface area contributed by atoms with Crippen molar-refractivity contribution in [3.63, 3.8) is 0 Å². The van der Waals surface area contributed by atoms with Crippen LogP contribution in [-0.4, -0.2) is 39.0 Å². The fraction of sp³-hybridized carbons (Fsp3) is 0.241. The number of nitro benzene ring substituents is 1. The number of fused-ring (bicyclic) bond motifs is 1. The Bertz CT molecular complexity index is 1480. The lowest BCUT2D eigenvalue weighted by Gasteiger charge is -2.46. The average molecular weight is 563 g/mol. The minimum absolute atomic E-state index is 0.0474. The summed E-state index contributed by atoms with van der Waals surface area (Å²) in [6.45, 7) is 3.05. The highest BCUT2D eigenvalue weighted by atomic mass is 31.2. The third-order valence-corrected chi connectivity index (χ3v) is 9.65. The zero-order valence-corrected chi connectivity index (χ0v) is 22.6.